The molecule has 0 aromatic carbocycles. The van der Waals surface area contributed by atoms with Gasteiger partial charge in [0.2, 0.25) is 5.91 Å². The summed E-state index contributed by atoms with van der Waals surface area (Å²) >= 11 is 0. The molecule has 0 aromatic rings. The van der Waals surface area contributed by atoms with Gasteiger partial charge in [0.05, 0.1) is 6.61 Å². The summed E-state index contributed by atoms with van der Waals surface area (Å²) in [7, 11) is 0. The molecule has 0 bridgehead atoms. The second kappa shape index (κ2) is 21.3. The SMILES string of the molecule is CCCCOC(=O)C(CC(C)C)NC(=O)CCCCCCCCCCCCCCC(=O)O. The van der Waals surface area contributed by atoms with Crippen molar-refractivity contribution in [3.05, 3.63) is 0 Å². The molecule has 0 aromatic heterocycles. The van der Waals surface area contributed by atoms with Crippen LogP contribution in [0.4, 0.5) is 0 Å². The van der Waals surface area contributed by atoms with Gasteiger partial charge in [0.25, 0.3) is 0 Å². The third-order valence-corrected chi connectivity index (χ3v) is 5.61. The highest BCUT2D eigenvalue weighted by Crippen LogP contribution is 2.13. The minimum Gasteiger partial charge on any atom is -0.481 e. The Labute approximate surface area is 196 Å². The first-order valence-electron chi connectivity index (χ1n) is 13.0. The number of hydrogen-bond donors (Lipinski definition) is 2. The number of hydrogen-bond acceptors (Lipinski definition) is 4. The maximum absolute atomic E-state index is 12.3. The number of nitrogens with one attached hydrogen (secondary N) is 1. The number of carboxylic acids is 1. The normalized spacial score (nSPS) is 12.0. The van der Waals surface area contributed by atoms with Gasteiger partial charge in [-0.3, -0.25) is 9.59 Å². The van der Waals surface area contributed by atoms with E-state index in [1.807, 2.05) is 13.8 Å². The summed E-state index contributed by atoms with van der Waals surface area (Å²) in [6, 6.07) is -0.531. The lowest BCUT2D eigenvalue weighted by molar-refractivity contribution is -0.148. The van der Waals surface area contributed by atoms with Gasteiger partial charge in [0.15, 0.2) is 0 Å². The zero-order chi connectivity index (χ0) is 24.0. The molecule has 188 valence electrons. The van der Waals surface area contributed by atoms with E-state index in [0.29, 0.717) is 31.8 Å². The van der Waals surface area contributed by atoms with Gasteiger partial charge in [-0.1, -0.05) is 91.4 Å². The fourth-order valence-corrected chi connectivity index (χ4v) is 3.70. The zero-order valence-corrected chi connectivity index (χ0v) is 21.0. The zero-order valence-electron chi connectivity index (χ0n) is 21.0. The van der Waals surface area contributed by atoms with E-state index in [9.17, 15) is 14.4 Å². The summed E-state index contributed by atoms with van der Waals surface area (Å²) in [5.41, 5.74) is 0. The summed E-state index contributed by atoms with van der Waals surface area (Å²) < 4.78 is 5.30. The molecule has 1 unspecified atom stereocenters. The Balaban J connectivity index is 3.69. The van der Waals surface area contributed by atoms with E-state index in [4.69, 9.17) is 9.84 Å². The molecule has 0 saturated carbocycles. The number of amides is 1. The van der Waals surface area contributed by atoms with Crippen molar-refractivity contribution in [1.29, 1.82) is 0 Å². The minimum absolute atomic E-state index is 0.0496. The molecule has 1 atom stereocenters. The van der Waals surface area contributed by atoms with Crippen molar-refractivity contribution in [2.24, 2.45) is 5.92 Å². The summed E-state index contributed by atoms with van der Waals surface area (Å²) in [6.45, 7) is 6.56. The fourth-order valence-electron chi connectivity index (χ4n) is 3.70. The van der Waals surface area contributed by atoms with Crippen LogP contribution in [0.1, 0.15) is 130 Å². The van der Waals surface area contributed by atoms with Crippen molar-refractivity contribution < 1.29 is 24.2 Å². The lowest BCUT2D eigenvalue weighted by Gasteiger charge is -2.19. The van der Waals surface area contributed by atoms with Gasteiger partial charge in [-0.05, 0) is 31.6 Å². The predicted octanol–water partition coefficient (Wildman–Crippen LogP) is 6.41. The van der Waals surface area contributed by atoms with Gasteiger partial charge >= 0.3 is 11.9 Å². The Bertz CT molecular complexity index is 493. The van der Waals surface area contributed by atoms with E-state index in [1.54, 1.807) is 0 Å². The Morgan fingerprint density at radius 3 is 1.66 bits per heavy atom. The number of esters is 1. The fraction of sp³-hybridized carbons (Fsp3) is 0.885. The van der Waals surface area contributed by atoms with E-state index < -0.39 is 12.0 Å². The van der Waals surface area contributed by atoms with E-state index in [2.05, 4.69) is 12.2 Å². The number of rotatable bonds is 22. The highest BCUT2D eigenvalue weighted by molar-refractivity contribution is 5.84. The van der Waals surface area contributed by atoms with Gasteiger partial charge in [-0.15, -0.1) is 0 Å². The molecule has 0 aliphatic heterocycles. The molecule has 6 nitrogen and oxygen atoms in total. The van der Waals surface area contributed by atoms with Crippen molar-refractivity contribution in [2.45, 2.75) is 136 Å². The quantitative estimate of drug-likeness (QED) is 0.145. The third-order valence-electron chi connectivity index (χ3n) is 5.61. The first-order chi connectivity index (χ1) is 15.4. The van der Waals surface area contributed by atoms with E-state index in [-0.39, 0.29) is 11.9 Å². The van der Waals surface area contributed by atoms with Crippen LogP contribution in [0.3, 0.4) is 0 Å². The number of ether oxygens (including phenoxy) is 1. The van der Waals surface area contributed by atoms with Gasteiger partial charge in [-0.25, -0.2) is 4.79 Å². The summed E-state index contributed by atoms with van der Waals surface area (Å²) in [5, 5.41) is 11.5. The van der Waals surface area contributed by atoms with Crippen molar-refractivity contribution >= 4 is 17.8 Å². The molecule has 0 saturated heterocycles. The average molecular weight is 456 g/mol. The van der Waals surface area contributed by atoms with Crippen LogP contribution >= 0.6 is 0 Å². The Hall–Kier alpha value is -1.59. The van der Waals surface area contributed by atoms with Gasteiger partial charge in [-0.2, -0.15) is 0 Å². The molecule has 6 heteroatoms. The van der Waals surface area contributed by atoms with E-state index in [1.165, 1.54) is 38.5 Å². The van der Waals surface area contributed by atoms with Crippen LogP contribution in [0.15, 0.2) is 0 Å². The Kier molecular flexibility index (Phi) is 20.2. The van der Waals surface area contributed by atoms with E-state index >= 15 is 0 Å². The van der Waals surface area contributed by atoms with Crippen LogP contribution < -0.4 is 5.32 Å². The molecule has 0 aliphatic rings. The van der Waals surface area contributed by atoms with E-state index in [0.717, 1.165) is 51.4 Å². The lowest BCUT2D eigenvalue weighted by Crippen LogP contribution is -2.42. The molecular formula is C26H49NO5. The highest BCUT2D eigenvalue weighted by Gasteiger charge is 2.23. The molecule has 0 aliphatic carbocycles. The van der Waals surface area contributed by atoms with Gasteiger partial charge in [0.1, 0.15) is 6.04 Å². The number of carboxylic acid groups (broad SMARTS) is 1. The number of carbonyl (C=O) groups excluding carboxylic acids is 2. The summed E-state index contributed by atoms with van der Waals surface area (Å²) in [4.78, 5) is 34.9. The highest BCUT2D eigenvalue weighted by atomic mass is 16.5. The minimum atomic E-state index is -0.691. The first kappa shape index (κ1) is 30.4. The van der Waals surface area contributed by atoms with Crippen molar-refractivity contribution in [3.63, 3.8) is 0 Å². The van der Waals surface area contributed by atoms with Crippen LogP contribution in [-0.2, 0) is 19.1 Å². The molecule has 0 fully saturated rings. The monoisotopic (exact) mass is 455 g/mol. The van der Waals surface area contributed by atoms with Gasteiger partial charge in [0, 0.05) is 12.8 Å². The molecule has 0 heterocycles. The van der Waals surface area contributed by atoms with Crippen molar-refractivity contribution in [3.8, 4) is 0 Å². The molecule has 1 amide bonds. The van der Waals surface area contributed by atoms with Crippen molar-refractivity contribution in [1.82, 2.24) is 5.32 Å². The smallest absolute Gasteiger partial charge is 0.328 e. The molecular weight excluding hydrogens is 406 g/mol. The Morgan fingerprint density at radius 1 is 0.750 bits per heavy atom. The molecule has 0 rings (SSSR count). The Morgan fingerprint density at radius 2 is 1.22 bits per heavy atom. The number of unbranched alkanes of at least 4 members (excludes halogenated alkanes) is 12. The van der Waals surface area contributed by atoms with Crippen LogP contribution in [-0.4, -0.2) is 35.6 Å². The van der Waals surface area contributed by atoms with Crippen LogP contribution in [0.25, 0.3) is 0 Å². The maximum Gasteiger partial charge on any atom is 0.328 e. The third kappa shape index (κ3) is 20.3. The summed E-state index contributed by atoms with van der Waals surface area (Å²) in [5.74, 6) is -0.730. The maximum atomic E-state index is 12.3. The van der Waals surface area contributed by atoms with Crippen molar-refractivity contribution in [2.75, 3.05) is 6.61 Å². The summed E-state index contributed by atoms with van der Waals surface area (Å²) in [6.07, 6.45) is 16.6. The predicted molar refractivity (Wildman–Crippen MR) is 130 cm³/mol. The second-order valence-electron chi connectivity index (χ2n) is 9.41. The van der Waals surface area contributed by atoms with Gasteiger partial charge < -0.3 is 15.2 Å². The first-order valence-corrected chi connectivity index (χ1v) is 13.0. The van der Waals surface area contributed by atoms with Crippen LogP contribution in [0.5, 0.6) is 0 Å². The largest absolute Gasteiger partial charge is 0.481 e. The average Bonchev–Trinajstić information content (AvgIpc) is 2.73. The molecule has 0 radical (unpaired) electrons. The van der Waals surface area contributed by atoms with Crippen LogP contribution in [0, 0.1) is 5.92 Å². The molecule has 32 heavy (non-hydrogen) atoms. The lowest BCUT2D eigenvalue weighted by atomic mass is 10.0. The topological polar surface area (TPSA) is 92.7 Å². The number of carbonyl (C=O) groups is 3. The second-order valence-corrected chi connectivity index (χ2v) is 9.41. The number of aliphatic carboxylic acids is 1. The standard InChI is InChI=1S/C26H49NO5/c1-4-5-20-32-26(31)23(21-22(2)3)27-24(28)18-16-14-12-10-8-6-7-9-11-13-15-17-19-25(29)30/h22-23H,4-21H2,1-3H3,(H,27,28)(H,29,30). The van der Waals surface area contributed by atoms with Crippen LogP contribution in [0.2, 0.25) is 0 Å². The molecule has 0 spiro atoms. The molecule has 2 N–H and O–H groups in total.